The molecule has 0 fully saturated rings. The smallest absolute Gasteiger partial charge is 0.262 e. The Labute approximate surface area is 122 Å². The Hall–Kier alpha value is -1.80. The number of benzene rings is 1. The molecule has 5 heteroatoms. The number of thioether (sulfide) groups is 1. The van der Waals surface area contributed by atoms with E-state index in [-0.39, 0.29) is 16.9 Å². The summed E-state index contributed by atoms with van der Waals surface area (Å²) < 4.78 is 1.71. The van der Waals surface area contributed by atoms with Crippen molar-refractivity contribution in [2.24, 2.45) is 0 Å². The second kappa shape index (κ2) is 6.10. The van der Waals surface area contributed by atoms with Crippen molar-refractivity contribution in [2.75, 3.05) is 0 Å². The monoisotopic (exact) mass is 287 g/mol. The van der Waals surface area contributed by atoms with E-state index < -0.39 is 0 Å². The number of para-hydroxylation sites is 1. The van der Waals surface area contributed by atoms with Crippen LogP contribution in [-0.2, 0) is 0 Å². The summed E-state index contributed by atoms with van der Waals surface area (Å²) in [6.07, 6.45) is 0.842. The van der Waals surface area contributed by atoms with Gasteiger partial charge in [-0.1, -0.05) is 30.8 Å². The molecule has 20 heavy (non-hydrogen) atoms. The molecule has 0 radical (unpaired) electrons. The normalized spacial score (nSPS) is 13.9. The maximum atomic E-state index is 12.6. The molecule has 0 saturated carbocycles. The fourth-order valence-electron chi connectivity index (χ4n) is 1.96. The van der Waals surface area contributed by atoms with Gasteiger partial charge in [0.1, 0.15) is 0 Å². The Morgan fingerprint density at radius 1 is 1.40 bits per heavy atom. The maximum absolute atomic E-state index is 12.6. The molecular formula is C15H17N3OS. The lowest BCUT2D eigenvalue weighted by atomic mass is 10.2. The average molecular weight is 287 g/mol. The van der Waals surface area contributed by atoms with E-state index in [9.17, 15) is 4.79 Å². The summed E-state index contributed by atoms with van der Waals surface area (Å²) in [5.74, 6) is 0. The molecule has 1 heterocycles. The minimum Gasteiger partial charge on any atom is -0.284 e. The lowest BCUT2D eigenvalue weighted by Crippen LogP contribution is -2.26. The van der Waals surface area contributed by atoms with Crippen LogP contribution in [0.2, 0.25) is 0 Å². The number of hydrogen-bond acceptors (Lipinski definition) is 4. The topological polar surface area (TPSA) is 58.7 Å². The van der Waals surface area contributed by atoms with Gasteiger partial charge in [0.05, 0.1) is 22.2 Å². The van der Waals surface area contributed by atoms with Gasteiger partial charge in [0.25, 0.3) is 5.56 Å². The van der Waals surface area contributed by atoms with E-state index in [1.165, 1.54) is 11.8 Å². The Kier molecular flexibility index (Phi) is 4.46. The van der Waals surface area contributed by atoms with Crippen LogP contribution in [0.1, 0.15) is 33.2 Å². The number of fused-ring (bicyclic) bond motifs is 1. The van der Waals surface area contributed by atoms with Crippen molar-refractivity contribution in [3.05, 3.63) is 34.6 Å². The van der Waals surface area contributed by atoms with Crippen molar-refractivity contribution in [1.29, 1.82) is 5.26 Å². The second-order valence-electron chi connectivity index (χ2n) is 4.73. The number of rotatable bonds is 4. The first-order valence-corrected chi connectivity index (χ1v) is 7.54. The zero-order chi connectivity index (χ0) is 14.7. The Balaban J connectivity index is 2.70. The average Bonchev–Trinajstić information content (AvgIpc) is 2.46. The molecule has 0 unspecified atom stereocenters. The van der Waals surface area contributed by atoms with Gasteiger partial charge >= 0.3 is 0 Å². The van der Waals surface area contributed by atoms with E-state index in [0.717, 1.165) is 6.42 Å². The molecule has 0 aliphatic carbocycles. The molecule has 0 saturated heterocycles. The Morgan fingerprint density at radius 2 is 2.10 bits per heavy atom. The quantitative estimate of drug-likeness (QED) is 0.639. The summed E-state index contributed by atoms with van der Waals surface area (Å²) in [6, 6.07) is 9.58. The highest BCUT2D eigenvalue weighted by atomic mass is 32.2. The van der Waals surface area contributed by atoms with Gasteiger partial charge in [0.2, 0.25) is 0 Å². The Bertz CT molecular complexity index is 717. The van der Waals surface area contributed by atoms with Crippen molar-refractivity contribution in [3.63, 3.8) is 0 Å². The third-order valence-electron chi connectivity index (χ3n) is 3.27. The van der Waals surface area contributed by atoms with E-state index in [1.54, 1.807) is 10.6 Å². The van der Waals surface area contributed by atoms with Crippen LogP contribution in [0.25, 0.3) is 10.9 Å². The van der Waals surface area contributed by atoms with Gasteiger partial charge in [0, 0.05) is 6.04 Å². The molecule has 0 N–H and O–H groups in total. The number of nitrogens with zero attached hydrogens (tertiary/aromatic N) is 3. The third-order valence-corrected chi connectivity index (χ3v) is 4.23. The summed E-state index contributed by atoms with van der Waals surface area (Å²) in [5.41, 5.74) is 0.655. The van der Waals surface area contributed by atoms with Crippen molar-refractivity contribution < 1.29 is 0 Å². The molecule has 1 aromatic carbocycles. The molecule has 2 atom stereocenters. The molecule has 0 bridgehead atoms. The van der Waals surface area contributed by atoms with Crippen LogP contribution >= 0.6 is 11.8 Å². The highest BCUT2D eigenvalue weighted by molar-refractivity contribution is 8.00. The lowest BCUT2D eigenvalue weighted by molar-refractivity contribution is 0.468. The molecule has 0 amide bonds. The first kappa shape index (κ1) is 14.6. The standard InChI is InChI=1S/C15H17N3OS/c1-4-10(2)18-14(19)12-7-5-6-8-13(12)17-15(18)20-11(3)9-16/h5-8,10-11H,4H2,1-3H3/t10-,11+/m1/s1. The van der Waals surface area contributed by atoms with Crippen molar-refractivity contribution in [1.82, 2.24) is 9.55 Å². The van der Waals surface area contributed by atoms with Gasteiger partial charge < -0.3 is 0 Å². The maximum Gasteiger partial charge on any atom is 0.262 e. The van der Waals surface area contributed by atoms with Gasteiger partial charge in [-0.25, -0.2) is 4.98 Å². The number of hydrogen-bond donors (Lipinski definition) is 0. The number of aromatic nitrogens is 2. The van der Waals surface area contributed by atoms with Crippen LogP contribution in [-0.4, -0.2) is 14.8 Å². The largest absolute Gasteiger partial charge is 0.284 e. The zero-order valence-corrected chi connectivity index (χ0v) is 12.6. The minimum absolute atomic E-state index is 0.0300. The van der Waals surface area contributed by atoms with E-state index in [4.69, 9.17) is 5.26 Å². The molecule has 104 valence electrons. The molecule has 2 aromatic rings. The molecule has 0 spiro atoms. The van der Waals surface area contributed by atoms with E-state index in [0.29, 0.717) is 16.1 Å². The molecular weight excluding hydrogens is 270 g/mol. The fourth-order valence-corrected chi connectivity index (χ4v) is 2.86. The van der Waals surface area contributed by atoms with Gasteiger partial charge in [-0.05, 0) is 32.4 Å². The predicted octanol–water partition coefficient (Wildman–Crippen LogP) is 3.37. The van der Waals surface area contributed by atoms with Crippen LogP contribution in [0.4, 0.5) is 0 Å². The molecule has 0 aliphatic heterocycles. The van der Waals surface area contributed by atoms with Gasteiger partial charge in [-0.15, -0.1) is 0 Å². The molecule has 2 rings (SSSR count). The molecule has 1 aromatic heterocycles. The predicted molar refractivity (Wildman–Crippen MR) is 81.9 cm³/mol. The van der Waals surface area contributed by atoms with Crippen LogP contribution in [0.15, 0.2) is 34.2 Å². The van der Waals surface area contributed by atoms with Crippen LogP contribution < -0.4 is 5.56 Å². The van der Waals surface area contributed by atoms with E-state index >= 15 is 0 Å². The van der Waals surface area contributed by atoms with Gasteiger partial charge in [-0.3, -0.25) is 9.36 Å². The zero-order valence-electron chi connectivity index (χ0n) is 11.8. The SMILES string of the molecule is CC[C@@H](C)n1c(S[C@@H](C)C#N)nc2ccccc2c1=O. The minimum atomic E-state index is -0.238. The summed E-state index contributed by atoms with van der Waals surface area (Å²) >= 11 is 1.33. The van der Waals surface area contributed by atoms with Crippen LogP contribution in [0, 0.1) is 11.3 Å². The molecule has 0 aliphatic rings. The first-order valence-electron chi connectivity index (χ1n) is 6.66. The molecule has 4 nitrogen and oxygen atoms in total. The van der Waals surface area contributed by atoms with Gasteiger partial charge in [-0.2, -0.15) is 5.26 Å². The summed E-state index contributed by atoms with van der Waals surface area (Å²) in [5, 5.41) is 9.99. The van der Waals surface area contributed by atoms with Crippen LogP contribution in [0.3, 0.4) is 0 Å². The third kappa shape index (κ3) is 2.70. The highest BCUT2D eigenvalue weighted by Gasteiger charge is 2.17. The second-order valence-corrected chi connectivity index (χ2v) is 6.04. The highest BCUT2D eigenvalue weighted by Crippen LogP contribution is 2.25. The van der Waals surface area contributed by atoms with Crippen molar-refractivity contribution >= 4 is 22.7 Å². The lowest BCUT2D eigenvalue weighted by Gasteiger charge is -2.18. The van der Waals surface area contributed by atoms with Gasteiger partial charge in [0.15, 0.2) is 5.16 Å². The summed E-state index contributed by atoms with van der Waals surface area (Å²) in [6.45, 7) is 5.85. The summed E-state index contributed by atoms with van der Waals surface area (Å²) in [4.78, 5) is 17.2. The number of nitriles is 1. The van der Waals surface area contributed by atoms with E-state index in [1.807, 2.05) is 39.0 Å². The Morgan fingerprint density at radius 3 is 2.75 bits per heavy atom. The first-order chi connectivity index (χ1) is 9.58. The van der Waals surface area contributed by atoms with Crippen molar-refractivity contribution in [2.45, 2.75) is 43.6 Å². The summed E-state index contributed by atoms with van der Waals surface area (Å²) in [7, 11) is 0. The van der Waals surface area contributed by atoms with E-state index in [2.05, 4.69) is 11.1 Å². The van der Waals surface area contributed by atoms with Crippen LogP contribution in [0.5, 0.6) is 0 Å². The fraction of sp³-hybridized carbons (Fsp3) is 0.400. The van der Waals surface area contributed by atoms with Crippen molar-refractivity contribution in [3.8, 4) is 6.07 Å².